The Labute approximate surface area is 168 Å². The summed E-state index contributed by atoms with van der Waals surface area (Å²) in [7, 11) is 0. The van der Waals surface area contributed by atoms with Crippen LogP contribution in [0.15, 0.2) is 18.5 Å². The average molecular weight is 385 g/mol. The largest absolute Gasteiger partial charge is 0.348 e. The van der Waals surface area contributed by atoms with Crippen molar-refractivity contribution < 1.29 is 9.69 Å². The zero-order valence-corrected chi connectivity index (χ0v) is 17.1. The van der Waals surface area contributed by atoms with Crippen molar-refractivity contribution in [3.8, 4) is 0 Å². The summed E-state index contributed by atoms with van der Waals surface area (Å²) < 4.78 is 0. The van der Waals surface area contributed by atoms with E-state index in [2.05, 4.69) is 27.1 Å². The Morgan fingerprint density at radius 2 is 1.71 bits per heavy atom. The summed E-state index contributed by atoms with van der Waals surface area (Å²) in [6.45, 7) is 6.65. The molecular weight excluding hydrogens is 350 g/mol. The minimum atomic E-state index is 0.239. The lowest BCUT2D eigenvalue weighted by atomic mass is 9.48. The van der Waals surface area contributed by atoms with Gasteiger partial charge in [-0.15, -0.1) is 0 Å². The Bertz CT molecular complexity index is 665. The molecule has 1 aliphatic heterocycles. The van der Waals surface area contributed by atoms with Crippen LogP contribution in [-0.2, 0) is 4.79 Å². The van der Waals surface area contributed by atoms with Crippen LogP contribution in [0.25, 0.3) is 0 Å². The number of carbonyl (C=O) groups is 1. The molecule has 152 valence electrons. The molecule has 2 heterocycles. The van der Waals surface area contributed by atoms with Gasteiger partial charge in [-0.1, -0.05) is 0 Å². The molecule has 6 nitrogen and oxygen atoms in total. The van der Waals surface area contributed by atoms with Crippen LogP contribution in [0.3, 0.4) is 0 Å². The van der Waals surface area contributed by atoms with Gasteiger partial charge in [-0.3, -0.25) is 4.79 Å². The number of nitrogens with zero attached hydrogens (tertiary/aromatic N) is 3. The van der Waals surface area contributed by atoms with Crippen molar-refractivity contribution in [2.45, 2.75) is 51.5 Å². The Morgan fingerprint density at radius 3 is 2.29 bits per heavy atom. The normalized spacial score (nSPS) is 35.8. The molecule has 0 aromatic carbocycles. The molecule has 1 atom stereocenters. The van der Waals surface area contributed by atoms with Gasteiger partial charge in [-0.25, -0.2) is 9.97 Å². The highest BCUT2D eigenvalue weighted by molar-refractivity contribution is 5.77. The lowest BCUT2D eigenvalue weighted by Crippen LogP contribution is -3.16. The second kappa shape index (κ2) is 7.29. The van der Waals surface area contributed by atoms with E-state index in [1.165, 1.54) is 43.4 Å². The number of anilines is 1. The lowest BCUT2D eigenvalue weighted by molar-refractivity contribution is -0.892. The first kappa shape index (κ1) is 18.3. The van der Waals surface area contributed by atoms with E-state index in [1.807, 2.05) is 6.07 Å². The molecule has 1 amide bonds. The van der Waals surface area contributed by atoms with Crippen LogP contribution in [0.2, 0.25) is 0 Å². The molecule has 4 aliphatic carbocycles. The summed E-state index contributed by atoms with van der Waals surface area (Å²) in [6.07, 6.45) is 12.0. The Balaban J connectivity index is 1.12. The zero-order chi connectivity index (χ0) is 19.1. The second-order valence-electron chi connectivity index (χ2n) is 10.0. The van der Waals surface area contributed by atoms with Gasteiger partial charge >= 0.3 is 0 Å². The molecule has 1 aromatic heterocycles. The second-order valence-corrected chi connectivity index (χ2v) is 10.0. The Kier molecular flexibility index (Phi) is 4.77. The van der Waals surface area contributed by atoms with Crippen LogP contribution in [0.4, 0.5) is 5.95 Å². The number of piperazine rings is 1. The first-order valence-corrected chi connectivity index (χ1v) is 11.2. The predicted molar refractivity (Wildman–Crippen MR) is 108 cm³/mol. The molecule has 6 heteroatoms. The van der Waals surface area contributed by atoms with Gasteiger partial charge in [0.1, 0.15) is 0 Å². The van der Waals surface area contributed by atoms with Crippen molar-refractivity contribution in [2.75, 3.05) is 37.6 Å². The average Bonchev–Trinajstić information content (AvgIpc) is 2.68. The standard InChI is InChI=1S/C22H33N5O/c1-16(22-12-17-9-18(13-22)11-19(10-17)14-22)25-20(28)15-26-5-7-27(8-6-26)21-23-3-2-4-24-21/h2-4,16-19H,5-15H2,1H3,(H,25,28)/p+1/t16-,17?,18?,19?,22?/m0/s1. The van der Waals surface area contributed by atoms with Crippen LogP contribution in [0.5, 0.6) is 0 Å². The molecule has 0 radical (unpaired) electrons. The number of nitrogens with one attached hydrogen (secondary N) is 2. The van der Waals surface area contributed by atoms with Crippen LogP contribution in [-0.4, -0.2) is 54.6 Å². The van der Waals surface area contributed by atoms with Gasteiger partial charge in [0.05, 0.1) is 26.2 Å². The van der Waals surface area contributed by atoms with Gasteiger partial charge < -0.3 is 15.1 Å². The zero-order valence-electron chi connectivity index (χ0n) is 17.1. The van der Waals surface area contributed by atoms with E-state index in [0.29, 0.717) is 18.0 Å². The van der Waals surface area contributed by atoms with E-state index in [0.717, 1.165) is 49.9 Å². The molecule has 2 N–H and O–H groups in total. The van der Waals surface area contributed by atoms with Gasteiger partial charge in [-0.2, -0.15) is 0 Å². The van der Waals surface area contributed by atoms with E-state index >= 15 is 0 Å². The maximum absolute atomic E-state index is 12.8. The third-order valence-corrected chi connectivity index (χ3v) is 8.10. The highest BCUT2D eigenvalue weighted by Crippen LogP contribution is 2.61. The predicted octanol–water partition coefficient (Wildman–Crippen LogP) is 0.903. The molecule has 1 saturated heterocycles. The third kappa shape index (κ3) is 3.51. The van der Waals surface area contributed by atoms with Gasteiger partial charge in [0, 0.05) is 18.4 Å². The molecule has 28 heavy (non-hydrogen) atoms. The third-order valence-electron chi connectivity index (χ3n) is 8.10. The topological polar surface area (TPSA) is 62.6 Å². The molecule has 1 aromatic rings. The molecule has 5 aliphatic rings. The summed E-state index contributed by atoms with van der Waals surface area (Å²) in [6, 6.07) is 2.17. The fraction of sp³-hybridized carbons (Fsp3) is 0.773. The SMILES string of the molecule is C[C@H](NC(=O)C[NH+]1CCN(c2ncccn2)CC1)C12CC3CC(CC(C3)C1)C2. The lowest BCUT2D eigenvalue weighted by Gasteiger charge is -2.59. The Hall–Kier alpha value is -1.69. The summed E-state index contributed by atoms with van der Waals surface area (Å²) >= 11 is 0. The first-order valence-electron chi connectivity index (χ1n) is 11.2. The van der Waals surface area contributed by atoms with Crippen molar-refractivity contribution >= 4 is 11.9 Å². The van der Waals surface area contributed by atoms with Crippen LogP contribution in [0, 0.1) is 23.2 Å². The summed E-state index contributed by atoms with van der Waals surface area (Å²) in [5.41, 5.74) is 0.392. The smallest absolute Gasteiger partial charge is 0.275 e. The summed E-state index contributed by atoms with van der Waals surface area (Å²) in [5, 5.41) is 3.43. The van der Waals surface area contributed by atoms with Crippen molar-refractivity contribution in [1.82, 2.24) is 15.3 Å². The maximum atomic E-state index is 12.8. The van der Waals surface area contributed by atoms with Crippen LogP contribution >= 0.6 is 0 Å². The fourth-order valence-corrected chi connectivity index (χ4v) is 7.03. The monoisotopic (exact) mass is 384 g/mol. The maximum Gasteiger partial charge on any atom is 0.275 e. The van der Waals surface area contributed by atoms with Crippen LogP contribution < -0.4 is 15.1 Å². The number of quaternary nitrogens is 1. The molecule has 0 unspecified atom stereocenters. The molecule has 5 fully saturated rings. The van der Waals surface area contributed by atoms with Crippen LogP contribution in [0.1, 0.15) is 45.4 Å². The highest BCUT2D eigenvalue weighted by Gasteiger charge is 2.53. The van der Waals surface area contributed by atoms with E-state index in [9.17, 15) is 4.79 Å². The van der Waals surface area contributed by atoms with Gasteiger partial charge in [0.25, 0.3) is 5.91 Å². The summed E-state index contributed by atoms with van der Waals surface area (Å²) in [5.74, 6) is 3.85. The molecule has 4 bridgehead atoms. The fourth-order valence-electron chi connectivity index (χ4n) is 7.03. The number of carbonyl (C=O) groups excluding carboxylic acids is 1. The van der Waals surface area contributed by atoms with Crippen molar-refractivity contribution in [3.63, 3.8) is 0 Å². The van der Waals surface area contributed by atoms with Crippen molar-refractivity contribution in [2.24, 2.45) is 23.2 Å². The number of hydrogen-bond donors (Lipinski definition) is 2. The van der Waals surface area contributed by atoms with Crippen molar-refractivity contribution in [3.05, 3.63) is 18.5 Å². The number of aromatic nitrogens is 2. The van der Waals surface area contributed by atoms with Gasteiger partial charge in [0.2, 0.25) is 5.95 Å². The van der Waals surface area contributed by atoms with Crippen molar-refractivity contribution in [1.29, 1.82) is 0 Å². The van der Waals surface area contributed by atoms with E-state index < -0.39 is 0 Å². The van der Waals surface area contributed by atoms with Gasteiger partial charge in [-0.05, 0) is 74.7 Å². The molecule has 4 saturated carbocycles. The Morgan fingerprint density at radius 1 is 1.14 bits per heavy atom. The number of rotatable bonds is 5. The van der Waals surface area contributed by atoms with E-state index in [4.69, 9.17) is 0 Å². The summed E-state index contributed by atoms with van der Waals surface area (Å²) in [4.78, 5) is 25.1. The minimum absolute atomic E-state index is 0.239. The quantitative estimate of drug-likeness (QED) is 0.792. The highest BCUT2D eigenvalue weighted by atomic mass is 16.2. The van der Waals surface area contributed by atoms with E-state index in [1.54, 1.807) is 12.4 Å². The van der Waals surface area contributed by atoms with E-state index in [-0.39, 0.29) is 5.91 Å². The molecule has 6 rings (SSSR count). The number of amides is 1. The first-order chi connectivity index (χ1) is 13.6. The minimum Gasteiger partial charge on any atom is -0.348 e. The molecular formula is C22H34N5O+. The molecule has 0 spiro atoms. The van der Waals surface area contributed by atoms with Gasteiger partial charge in [0.15, 0.2) is 6.54 Å². The number of hydrogen-bond acceptors (Lipinski definition) is 4.